The third-order valence-corrected chi connectivity index (χ3v) is 7.42. The Morgan fingerprint density at radius 1 is 0.594 bits per heavy atom. The van der Waals surface area contributed by atoms with E-state index in [2.05, 4.69) is 25.5 Å². The zero-order valence-electron chi connectivity index (χ0n) is 22.1. The van der Waals surface area contributed by atoms with Gasteiger partial charge in [0.2, 0.25) is 0 Å². The van der Waals surface area contributed by atoms with Gasteiger partial charge in [-0.15, -0.1) is 0 Å². The van der Waals surface area contributed by atoms with Crippen LogP contribution in [0.15, 0.2) is 0 Å². The van der Waals surface area contributed by atoms with E-state index in [0.29, 0.717) is 6.54 Å². The quantitative estimate of drug-likeness (QED) is 0.0770. The first-order valence-corrected chi connectivity index (χ1v) is 15.2. The minimum absolute atomic E-state index is 0.123. The van der Waals surface area contributed by atoms with E-state index < -0.39 is 7.82 Å². The predicted octanol–water partition coefficient (Wildman–Crippen LogP) is 7.63. The number of hydrogen-bond acceptors (Lipinski definition) is 4. The van der Waals surface area contributed by atoms with Gasteiger partial charge in [-0.1, -0.05) is 110 Å². The fourth-order valence-electron chi connectivity index (χ4n) is 4.15. The summed E-state index contributed by atoms with van der Waals surface area (Å²) in [6.07, 6.45) is 25.0. The van der Waals surface area contributed by atoms with Gasteiger partial charge >= 0.3 is 0 Å². The van der Waals surface area contributed by atoms with Gasteiger partial charge in [-0.2, -0.15) is 0 Å². The highest BCUT2D eigenvalue weighted by atomic mass is 31.2. The average molecular weight is 478 g/mol. The van der Waals surface area contributed by atoms with Crippen LogP contribution >= 0.6 is 7.82 Å². The van der Waals surface area contributed by atoms with Crippen molar-refractivity contribution in [1.29, 1.82) is 0 Å². The van der Waals surface area contributed by atoms with Crippen molar-refractivity contribution >= 4 is 7.82 Å². The highest BCUT2D eigenvalue weighted by molar-refractivity contribution is 7.45. The zero-order chi connectivity index (χ0) is 24.0. The van der Waals surface area contributed by atoms with Crippen LogP contribution in [0.2, 0.25) is 0 Å². The van der Waals surface area contributed by atoms with Crippen LogP contribution < -0.4 is 4.89 Å². The summed E-state index contributed by atoms with van der Waals surface area (Å²) >= 11 is 0. The van der Waals surface area contributed by atoms with E-state index in [0.717, 1.165) is 11.0 Å². The van der Waals surface area contributed by atoms with E-state index in [1.165, 1.54) is 116 Å². The van der Waals surface area contributed by atoms with Crippen molar-refractivity contribution in [2.24, 2.45) is 0 Å². The molecule has 0 aliphatic rings. The van der Waals surface area contributed by atoms with Gasteiger partial charge < -0.3 is 18.4 Å². The second-order valence-electron chi connectivity index (χ2n) is 10.1. The van der Waals surface area contributed by atoms with Crippen molar-refractivity contribution in [3.8, 4) is 0 Å². The van der Waals surface area contributed by atoms with Crippen LogP contribution in [0.1, 0.15) is 129 Å². The lowest BCUT2D eigenvalue weighted by Gasteiger charge is -2.31. The van der Waals surface area contributed by atoms with Gasteiger partial charge in [-0.3, -0.25) is 4.57 Å². The standard InChI is InChI=1S/C26H56NO4P/c1-5-7-8-9-10-11-12-13-14-15-16-17-18-19-20-21-22-23-24-27(3,4)25-26-31-32(28,29)30-6-2/h5-26H2,1-4H3. The molecule has 194 valence electrons. The molecule has 0 aromatic carbocycles. The first-order valence-electron chi connectivity index (χ1n) is 13.7. The molecule has 5 nitrogen and oxygen atoms in total. The van der Waals surface area contributed by atoms with E-state index in [4.69, 9.17) is 4.52 Å². The first-order chi connectivity index (χ1) is 15.3. The molecular weight excluding hydrogens is 421 g/mol. The summed E-state index contributed by atoms with van der Waals surface area (Å²) in [6.45, 7) is 5.97. The van der Waals surface area contributed by atoms with Crippen molar-refractivity contribution in [2.45, 2.75) is 129 Å². The van der Waals surface area contributed by atoms with Crippen LogP contribution in [0, 0.1) is 0 Å². The Bertz CT molecular complexity index is 446. The molecule has 0 aromatic rings. The summed E-state index contributed by atoms with van der Waals surface area (Å²) in [6, 6.07) is 0. The molecule has 0 aromatic heterocycles. The topological polar surface area (TPSA) is 58.6 Å². The summed E-state index contributed by atoms with van der Waals surface area (Å²) in [7, 11) is 0.160. The van der Waals surface area contributed by atoms with Gasteiger partial charge in [0.15, 0.2) is 0 Å². The van der Waals surface area contributed by atoms with Crippen LogP contribution in [0.5, 0.6) is 0 Å². The monoisotopic (exact) mass is 477 g/mol. The molecule has 0 saturated carbocycles. The van der Waals surface area contributed by atoms with Crippen LogP contribution in [0.25, 0.3) is 0 Å². The van der Waals surface area contributed by atoms with E-state index >= 15 is 0 Å². The van der Waals surface area contributed by atoms with Gasteiger partial charge in [0.05, 0.1) is 27.2 Å². The van der Waals surface area contributed by atoms with Gasteiger partial charge in [0.25, 0.3) is 7.82 Å². The fourth-order valence-corrected chi connectivity index (χ4v) is 4.84. The van der Waals surface area contributed by atoms with E-state index in [1.807, 2.05) is 0 Å². The third kappa shape index (κ3) is 23.2. The van der Waals surface area contributed by atoms with Crippen molar-refractivity contribution in [3.05, 3.63) is 0 Å². The highest BCUT2D eigenvalue weighted by Crippen LogP contribution is 2.37. The molecule has 0 bridgehead atoms. The largest absolute Gasteiger partial charge is 0.756 e. The Kier molecular flexibility index (Phi) is 21.6. The van der Waals surface area contributed by atoms with Crippen LogP contribution in [-0.4, -0.2) is 44.9 Å². The minimum Gasteiger partial charge on any atom is -0.756 e. The lowest BCUT2D eigenvalue weighted by atomic mass is 10.0. The third-order valence-electron chi connectivity index (χ3n) is 6.35. The molecule has 0 fully saturated rings. The lowest BCUT2D eigenvalue weighted by Crippen LogP contribution is -2.43. The lowest BCUT2D eigenvalue weighted by molar-refractivity contribution is -0.890. The smallest absolute Gasteiger partial charge is 0.268 e. The molecule has 0 radical (unpaired) electrons. The zero-order valence-corrected chi connectivity index (χ0v) is 23.0. The van der Waals surface area contributed by atoms with Crippen molar-refractivity contribution in [3.63, 3.8) is 0 Å². The maximum atomic E-state index is 11.4. The Hall–Kier alpha value is 0.0700. The van der Waals surface area contributed by atoms with Crippen molar-refractivity contribution in [2.75, 3.05) is 40.4 Å². The van der Waals surface area contributed by atoms with E-state index in [9.17, 15) is 9.46 Å². The number of rotatable bonds is 25. The summed E-state index contributed by atoms with van der Waals surface area (Å²) in [5.74, 6) is 0. The SMILES string of the molecule is CCCCCCCCCCCCCCCCCCCC[N+](C)(C)CCOP(=O)([O-])OCC. The molecule has 0 N–H and O–H groups in total. The van der Waals surface area contributed by atoms with Gasteiger partial charge in [-0.25, -0.2) is 0 Å². The van der Waals surface area contributed by atoms with Gasteiger partial charge in [0.1, 0.15) is 13.2 Å². The molecule has 0 heterocycles. The van der Waals surface area contributed by atoms with Crippen LogP contribution in [0.3, 0.4) is 0 Å². The molecule has 32 heavy (non-hydrogen) atoms. The molecule has 1 unspecified atom stereocenters. The van der Waals surface area contributed by atoms with Crippen molar-refractivity contribution < 1.29 is 23.0 Å². The normalized spacial score (nSPS) is 14.0. The molecule has 0 spiro atoms. The number of likely N-dealkylation sites (N-methyl/N-ethyl adjacent to an activating group) is 1. The Labute approximate surface area is 200 Å². The second kappa shape index (κ2) is 21.6. The summed E-state index contributed by atoms with van der Waals surface area (Å²) in [5.41, 5.74) is 0. The van der Waals surface area contributed by atoms with E-state index in [-0.39, 0.29) is 13.2 Å². The molecule has 0 aliphatic heterocycles. The second-order valence-corrected chi connectivity index (χ2v) is 11.5. The average Bonchev–Trinajstić information content (AvgIpc) is 2.72. The molecular formula is C26H56NO4P. The number of nitrogens with zero attached hydrogens (tertiary/aromatic N) is 1. The molecule has 0 amide bonds. The maximum Gasteiger partial charge on any atom is 0.268 e. The fraction of sp³-hybridized carbons (Fsp3) is 1.00. The summed E-state index contributed by atoms with van der Waals surface area (Å²) in [5, 5.41) is 0. The number of hydrogen-bond donors (Lipinski definition) is 0. The van der Waals surface area contributed by atoms with Crippen LogP contribution in [-0.2, 0) is 13.6 Å². The Balaban J connectivity index is 3.35. The maximum absolute atomic E-state index is 11.4. The summed E-state index contributed by atoms with van der Waals surface area (Å²) < 4.78 is 21.7. The van der Waals surface area contributed by atoms with E-state index in [1.54, 1.807) is 6.92 Å². The summed E-state index contributed by atoms with van der Waals surface area (Å²) in [4.78, 5) is 11.4. The molecule has 6 heteroatoms. The molecule has 0 aliphatic carbocycles. The number of quaternary nitrogens is 1. The van der Waals surface area contributed by atoms with Gasteiger partial charge in [0, 0.05) is 0 Å². The number of phosphoric ester groups is 1. The van der Waals surface area contributed by atoms with Crippen LogP contribution in [0.4, 0.5) is 0 Å². The Morgan fingerprint density at radius 2 is 0.969 bits per heavy atom. The molecule has 0 saturated heterocycles. The van der Waals surface area contributed by atoms with Gasteiger partial charge in [-0.05, 0) is 19.8 Å². The Morgan fingerprint density at radius 3 is 1.34 bits per heavy atom. The number of phosphoric acid groups is 1. The first kappa shape index (κ1) is 32.1. The minimum atomic E-state index is -4.10. The predicted molar refractivity (Wildman–Crippen MR) is 136 cm³/mol. The molecule has 1 atom stereocenters. The molecule has 0 rings (SSSR count). The number of unbranched alkanes of at least 4 members (excludes halogenated alkanes) is 17. The highest BCUT2D eigenvalue weighted by Gasteiger charge is 2.16. The van der Waals surface area contributed by atoms with Crippen molar-refractivity contribution in [1.82, 2.24) is 0 Å².